The number of amides is 1. The summed E-state index contributed by atoms with van der Waals surface area (Å²) in [5.74, 6) is -0.557. The molecule has 1 fully saturated rings. The zero-order chi connectivity index (χ0) is 12.4. The Balaban J connectivity index is 2.10. The van der Waals surface area contributed by atoms with Crippen molar-refractivity contribution in [2.24, 2.45) is 0 Å². The molecule has 2 rings (SSSR count). The van der Waals surface area contributed by atoms with E-state index in [1.807, 2.05) is 0 Å². The zero-order valence-electron chi connectivity index (χ0n) is 8.94. The van der Waals surface area contributed by atoms with Crippen molar-refractivity contribution in [1.82, 2.24) is 9.88 Å². The van der Waals surface area contributed by atoms with Crippen molar-refractivity contribution in [3.63, 3.8) is 0 Å². The van der Waals surface area contributed by atoms with Gasteiger partial charge < -0.3 is 14.9 Å². The Morgan fingerprint density at radius 2 is 2.06 bits per heavy atom. The summed E-state index contributed by atoms with van der Waals surface area (Å²) in [7, 11) is 0. The monoisotopic (exact) mass is 259 g/mol. The van der Waals surface area contributed by atoms with Gasteiger partial charge in [0.2, 0.25) is 0 Å². The largest absolute Gasteiger partial charge is 0.465 e. The van der Waals surface area contributed by atoms with Crippen LogP contribution in [0.1, 0.15) is 0 Å². The number of pyridine rings is 1. The van der Waals surface area contributed by atoms with E-state index >= 15 is 0 Å². The minimum absolute atomic E-state index is 0.164. The normalized spacial score (nSPS) is 16.1. The third-order valence-electron chi connectivity index (χ3n) is 2.72. The van der Waals surface area contributed by atoms with Crippen molar-refractivity contribution in [3.05, 3.63) is 23.2 Å². The summed E-state index contributed by atoms with van der Waals surface area (Å²) in [6.45, 7) is 1.61. The highest BCUT2D eigenvalue weighted by Gasteiger charge is 2.23. The average molecular weight is 260 g/mol. The van der Waals surface area contributed by atoms with Crippen LogP contribution in [0.3, 0.4) is 0 Å². The Hall–Kier alpha value is -1.56. The second-order valence-corrected chi connectivity index (χ2v) is 4.05. The molecule has 0 saturated carbocycles. The Labute approximate surface area is 102 Å². The van der Waals surface area contributed by atoms with Gasteiger partial charge >= 0.3 is 6.09 Å². The molecule has 0 aliphatic carbocycles. The van der Waals surface area contributed by atoms with Gasteiger partial charge in [0.25, 0.3) is 0 Å². The Morgan fingerprint density at radius 1 is 1.41 bits per heavy atom. The number of hydrogen-bond acceptors (Lipinski definition) is 3. The Bertz CT molecular complexity index is 436. The molecule has 1 amide bonds. The first-order valence-corrected chi connectivity index (χ1v) is 5.50. The van der Waals surface area contributed by atoms with E-state index in [9.17, 15) is 9.18 Å². The molecule has 17 heavy (non-hydrogen) atoms. The third kappa shape index (κ3) is 2.41. The molecule has 1 N–H and O–H groups in total. The first kappa shape index (κ1) is 11.9. The van der Waals surface area contributed by atoms with Crippen LogP contribution in [-0.2, 0) is 0 Å². The molecule has 5 nitrogen and oxygen atoms in total. The van der Waals surface area contributed by atoms with E-state index < -0.39 is 11.9 Å². The molecular formula is C10H11ClFN3O2. The Morgan fingerprint density at radius 3 is 2.65 bits per heavy atom. The van der Waals surface area contributed by atoms with Crippen LogP contribution in [-0.4, -0.2) is 47.3 Å². The van der Waals surface area contributed by atoms with Gasteiger partial charge in [0.1, 0.15) is 0 Å². The summed E-state index contributed by atoms with van der Waals surface area (Å²) in [6.07, 6.45) is 0.488. The molecule has 2 heterocycles. The fraction of sp³-hybridized carbons (Fsp3) is 0.400. The highest BCUT2D eigenvalue weighted by Crippen LogP contribution is 2.24. The lowest BCUT2D eigenvalue weighted by Gasteiger charge is -2.34. The molecule has 0 unspecified atom stereocenters. The fourth-order valence-corrected chi connectivity index (χ4v) is 1.94. The number of rotatable bonds is 1. The maximum Gasteiger partial charge on any atom is 0.407 e. The van der Waals surface area contributed by atoms with Gasteiger partial charge in [-0.3, -0.25) is 0 Å². The van der Waals surface area contributed by atoms with Gasteiger partial charge in [-0.15, -0.1) is 0 Å². The van der Waals surface area contributed by atoms with Crippen LogP contribution >= 0.6 is 11.6 Å². The number of nitrogens with zero attached hydrogens (tertiary/aromatic N) is 3. The molecule has 0 aromatic carbocycles. The first-order chi connectivity index (χ1) is 8.09. The van der Waals surface area contributed by atoms with Crippen molar-refractivity contribution in [2.45, 2.75) is 0 Å². The SMILES string of the molecule is O=C(O)N1CCN(c2ccnc(Cl)c2F)CC1. The van der Waals surface area contributed by atoms with Crippen LogP contribution < -0.4 is 4.90 Å². The van der Waals surface area contributed by atoms with Crippen molar-refractivity contribution >= 4 is 23.4 Å². The van der Waals surface area contributed by atoms with Gasteiger partial charge in [0.05, 0.1) is 5.69 Å². The van der Waals surface area contributed by atoms with E-state index in [4.69, 9.17) is 16.7 Å². The number of aromatic nitrogens is 1. The quantitative estimate of drug-likeness (QED) is 0.780. The van der Waals surface area contributed by atoms with Gasteiger partial charge in [0, 0.05) is 32.4 Å². The molecular weight excluding hydrogens is 249 g/mol. The molecule has 0 radical (unpaired) electrons. The van der Waals surface area contributed by atoms with Crippen LogP contribution in [0.4, 0.5) is 14.9 Å². The topological polar surface area (TPSA) is 56.7 Å². The van der Waals surface area contributed by atoms with Gasteiger partial charge in [-0.2, -0.15) is 0 Å². The summed E-state index contributed by atoms with van der Waals surface area (Å²) in [5, 5.41) is 8.63. The maximum atomic E-state index is 13.7. The van der Waals surface area contributed by atoms with E-state index in [1.54, 1.807) is 4.90 Å². The zero-order valence-corrected chi connectivity index (χ0v) is 9.69. The molecule has 1 aliphatic rings. The number of halogens is 2. The lowest BCUT2D eigenvalue weighted by atomic mass is 10.2. The number of carbonyl (C=O) groups is 1. The summed E-state index contributed by atoms with van der Waals surface area (Å²) in [5.41, 5.74) is 0.370. The van der Waals surface area contributed by atoms with E-state index in [0.29, 0.717) is 31.9 Å². The van der Waals surface area contributed by atoms with E-state index in [-0.39, 0.29) is 5.15 Å². The lowest BCUT2D eigenvalue weighted by molar-refractivity contribution is 0.142. The molecule has 0 atom stereocenters. The van der Waals surface area contributed by atoms with Crippen molar-refractivity contribution in [3.8, 4) is 0 Å². The molecule has 7 heteroatoms. The molecule has 1 aromatic heterocycles. The second kappa shape index (κ2) is 4.75. The van der Waals surface area contributed by atoms with Crippen molar-refractivity contribution < 1.29 is 14.3 Å². The smallest absolute Gasteiger partial charge is 0.407 e. The van der Waals surface area contributed by atoms with Gasteiger partial charge in [-0.1, -0.05) is 11.6 Å². The predicted molar refractivity (Wildman–Crippen MR) is 61.0 cm³/mol. The van der Waals surface area contributed by atoms with Crippen LogP contribution in [0.25, 0.3) is 0 Å². The molecule has 1 aromatic rings. The number of piperazine rings is 1. The average Bonchev–Trinajstić information content (AvgIpc) is 2.33. The van der Waals surface area contributed by atoms with E-state index in [2.05, 4.69) is 4.98 Å². The van der Waals surface area contributed by atoms with Crippen LogP contribution in [0, 0.1) is 5.82 Å². The van der Waals surface area contributed by atoms with Gasteiger partial charge in [-0.25, -0.2) is 14.2 Å². The summed E-state index contributed by atoms with van der Waals surface area (Å²) in [4.78, 5) is 17.4. The molecule has 1 saturated heterocycles. The van der Waals surface area contributed by atoms with Crippen LogP contribution in [0.15, 0.2) is 12.3 Å². The molecule has 1 aliphatic heterocycles. The number of hydrogen-bond donors (Lipinski definition) is 1. The highest BCUT2D eigenvalue weighted by atomic mass is 35.5. The fourth-order valence-electron chi connectivity index (χ4n) is 1.79. The second-order valence-electron chi connectivity index (χ2n) is 3.69. The summed E-state index contributed by atoms with van der Waals surface area (Å²) >= 11 is 5.59. The summed E-state index contributed by atoms with van der Waals surface area (Å²) in [6, 6.07) is 1.54. The van der Waals surface area contributed by atoms with Crippen molar-refractivity contribution in [1.29, 1.82) is 0 Å². The van der Waals surface area contributed by atoms with Crippen LogP contribution in [0.2, 0.25) is 5.15 Å². The van der Waals surface area contributed by atoms with Gasteiger partial charge in [0.15, 0.2) is 11.0 Å². The standard InChI is InChI=1S/C10H11ClFN3O2/c11-9-8(12)7(1-2-13-9)14-3-5-15(6-4-14)10(16)17/h1-2H,3-6H2,(H,16,17). The van der Waals surface area contributed by atoms with Crippen molar-refractivity contribution in [2.75, 3.05) is 31.1 Å². The minimum atomic E-state index is -0.946. The number of anilines is 1. The van der Waals surface area contributed by atoms with Crippen LogP contribution in [0.5, 0.6) is 0 Å². The highest BCUT2D eigenvalue weighted by molar-refractivity contribution is 6.29. The predicted octanol–water partition coefficient (Wildman–Crippen LogP) is 1.67. The lowest BCUT2D eigenvalue weighted by Crippen LogP contribution is -2.48. The van der Waals surface area contributed by atoms with Gasteiger partial charge in [-0.05, 0) is 6.07 Å². The van der Waals surface area contributed by atoms with E-state index in [1.165, 1.54) is 17.2 Å². The third-order valence-corrected chi connectivity index (χ3v) is 2.98. The summed E-state index contributed by atoms with van der Waals surface area (Å²) < 4.78 is 13.7. The molecule has 0 spiro atoms. The molecule has 92 valence electrons. The Kier molecular flexibility index (Phi) is 3.33. The first-order valence-electron chi connectivity index (χ1n) is 5.12. The molecule has 0 bridgehead atoms. The minimum Gasteiger partial charge on any atom is -0.465 e. The maximum absolute atomic E-state index is 13.7. The number of carboxylic acid groups (broad SMARTS) is 1. The van der Waals surface area contributed by atoms with E-state index in [0.717, 1.165) is 0 Å².